The van der Waals surface area contributed by atoms with Crippen LogP contribution in [0.25, 0.3) is 40.0 Å². The third-order valence-corrected chi connectivity index (χ3v) is 10.6. The Labute approximate surface area is 293 Å². The highest BCUT2D eigenvalue weighted by Gasteiger charge is 2.52. The predicted molar refractivity (Wildman–Crippen MR) is 205 cm³/mol. The molecule has 0 fully saturated rings. The van der Waals surface area contributed by atoms with Crippen molar-refractivity contribution in [1.82, 2.24) is 0 Å². The largest absolute Gasteiger partial charge is 0.376 e. The Hall–Kier alpha value is -5.80. The molecule has 50 heavy (non-hydrogen) atoms. The number of hydrogen-bond donors (Lipinski definition) is 2. The van der Waals surface area contributed by atoms with Gasteiger partial charge in [0.15, 0.2) is 0 Å². The number of fused-ring (bicyclic) bond motifs is 3. The molecule has 2 heteroatoms. The minimum Gasteiger partial charge on any atom is -0.376 e. The summed E-state index contributed by atoms with van der Waals surface area (Å²) in [6.07, 6.45) is 13.0. The lowest BCUT2D eigenvalue weighted by Crippen LogP contribution is -2.43. The Morgan fingerprint density at radius 1 is 0.460 bits per heavy atom. The molecule has 9 rings (SSSR count). The molecule has 2 atom stereocenters. The molecule has 0 aliphatic heterocycles. The Bertz CT molecular complexity index is 2320. The summed E-state index contributed by atoms with van der Waals surface area (Å²) in [5.74, 6) is 0. The van der Waals surface area contributed by atoms with Gasteiger partial charge in [0.2, 0.25) is 0 Å². The van der Waals surface area contributed by atoms with Gasteiger partial charge in [-0.3, -0.25) is 0 Å². The van der Waals surface area contributed by atoms with Crippen molar-refractivity contribution in [3.05, 3.63) is 220 Å². The van der Waals surface area contributed by atoms with E-state index in [-0.39, 0.29) is 0 Å². The van der Waals surface area contributed by atoms with Gasteiger partial charge in [-0.05, 0) is 98.3 Å². The molecule has 6 aromatic carbocycles. The fraction of sp³-hybridized carbons (Fsp3) is 0.0833. The number of allylic oxidation sites excluding steroid dienone is 4. The van der Waals surface area contributed by atoms with Crippen molar-refractivity contribution in [2.75, 3.05) is 0 Å². The van der Waals surface area contributed by atoms with Crippen molar-refractivity contribution in [2.24, 2.45) is 0 Å². The van der Waals surface area contributed by atoms with E-state index >= 15 is 0 Å². The van der Waals surface area contributed by atoms with E-state index in [1.165, 1.54) is 5.57 Å². The third kappa shape index (κ3) is 4.64. The highest BCUT2D eigenvalue weighted by atomic mass is 16.3. The third-order valence-electron chi connectivity index (χ3n) is 10.6. The van der Waals surface area contributed by atoms with E-state index < -0.39 is 11.2 Å². The maximum atomic E-state index is 14.1. The molecule has 0 radical (unpaired) electrons. The molecule has 0 amide bonds. The fourth-order valence-corrected chi connectivity index (χ4v) is 8.24. The van der Waals surface area contributed by atoms with Crippen LogP contribution >= 0.6 is 0 Å². The van der Waals surface area contributed by atoms with Crippen molar-refractivity contribution < 1.29 is 10.2 Å². The molecule has 3 aliphatic rings. The summed E-state index contributed by atoms with van der Waals surface area (Å²) >= 11 is 0. The second kappa shape index (κ2) is 12.0. The van der Waals surface area contributed by atoms with Crippen LogP contribution in [0.3, 0.4) is 0 Å². The normalized spacial score (nSPS) is 20.5. The summed E-state index contributed by atoms with van der Waals surface area (Å²) in [4.78, 5) is 0. The molecule has 0 spiro atoms. The molecule has 240 valence electrons. The molecule has 2 N–H and O–H groups in total. The van der Waals surface area contributed by atoms with Crippen molar-refractivity contribution in [2.45, 2.75) is 24.0 Å². The van der Waals surface area contributed by atoms with Gasteiger partial charge in [-0.2, -0.15) is 0 Å². The SMILES string of the molecule is OC1(c2ccccc2)C2=Cc3ccccc3C(O)(c3c(-c4ccccc4)cc(C4=CCCC=C4)cc3-c3ccccc3)C2=Cc2ccccc21. The lowest BCUT2D eigenvalue weighted by molar-refractivity contribution is 0.0917. The zero-order valence-electron chi connectivity index (χ0n) is 27.6. The summed E-state index contributed by atoms with van der Waals surface area (Å²) in [6.45, 7) is 0. The maximum Gasteiger partial charge on any atom is 0.142 e. The van der Waals surface area contributed by atoms with E-state index in [0.717, 1.165) is 74.0 Å². The number of aliphatic hydroxyl groups is 2. The molecular weight excluding hydrogens is 609 g/mol. The van der Waals surface area contributed by atoms with Crippen LogP contribution < -0.4 is 0 Å². The Morgan fingerprint density at radius 2 is 0.940 bits per heavy atom. The highest BCUT2D eigenvalue weighted by Crippen LogP contribution is 2.59. The quantitative estimate of drug-likeness (QED) is 0.196. The zero-order valence-corrected chi connectivity index (χ0v) is 27.6. The van der Waals surface area contributed by atoms with Crippen LogP contribution in [0.5, 0.6) is 0 Å². The van der Waals surface area contributed by atoms with E-state index in [1.807, 2.05) is 91.0 Å². The van der Waals surface area contributed by atoms with Crippen LogP contribution in [0, 0.1) is 0 Å². The van der Waals surface area contributed by atoms with Crippen LogP contribution in [-0.4, -0.2) is 10.2 Å². The lowest BCUT2D eigenvalue weighted by Gasteiger charge is -2.47. The maximum absolute atomic E-state index is 14.1. The summed E-state index contributed by atoms with van der Waals surface area (Å²) in [6, 6.07) is 51.2. The van der Waals surface area contributed by atoms with Gasteiger partial charge < -0.3 is 10.2 Å². The van der Waals surface area contributed by atoms with Crippen molar-refractivity contribution >= 4 is 17.7 Å². The van der Waals surface area contributed by atoms with E-state index in [4.69, 9.17) is 0 Å². The molecule has 0 bridgehead atoms. The Kier molecular flexibility index (Phi) is 7.24. The average molecular weight is 645 g/mol. The van der Waals surface area contributed by atoms with Crippen molar-refractivity contribution in [3.8, 4) is 22.3 Å². The number of hydrogen-bond acceptors (Lipinski definition) is 2. The first-order valence-electron chi connectivity index (χ1n) is 17.4. The van der Waals surface area contributed by atoms with Crippen molar-refractivity contribution in [1.29, 1.82) is 0 Å². The summed E-state index contributed by atoms with van der Waals surface area (Å²) in [5, 5.41) is 27.4. The second-order valence-corrected chi connectivity index (χ2v) is 13.4. The van der Waals surface area contributed by atoms with Crippen LogP contribution in [0.15, 0.2) is 181 Å². The van der Waals surface area contributed by atoms with E-state index in [1.54, 1.807) is 0 Å². The summed E-state index contributed by atoms with van der Waals surface area (Å²) in [5.41, 5.74) is 9.24. The minimum atomic E-state index is -1.65. The Balaban J connectivity index is 1.44. The monoisotopic (exact) mass is 644 g/mol. The van der Waals surface area contributed by atoms with Gasteiger partial charge in [0.1, 0.15) is 11.2 Å². The predicted octanol–water partition coefficient (Wildman–Crippen LogP) is 10.7. The molecule has 0 saturated carbocycles. The zero-order chi connectivity index (χ0) is 33.7. The van der Waals surface area contributed by atoms with Crippen LogP contribution in [0.2, 0.25) is 0 Å². The first-order valence-corrected chi connectivity index (χ1v) is 17.4. The molecule has 2 unspecified atom stereocenters. The molecular formula is C48H36O2. The van der Waals surface area contributed by atoms with Gasteiger partial charge in [-0.25, -0.2) is 0 Å². The number of benzene rings is 6. The molecule has 0 aromatic heterocycles. The van der Waals surface area contributed by atoms with Crippen molar-refractivity contribution in [3.63, 3.8) is 0 Å². The number of rotatable bonds is 5. The van der Waals surface area contributed by atoms with Gasteiger partial charge in [0, 0.05) is 16.7 Å². The smallest absolute Gasteiger partial charge is 0.142 e. The summed E-state index contributed by atoms with van der Waals surface area (Å²) in [7, 11) is 0. The minimum absolute atomic E-state index is 0.667. The lowest BCUT2D eigenvalue weighted by atomic mass is 9.60. The van der Waals surface area contributed by atoms with Gasteiger partial charge in [0.05, 0.1) is 0 Å². The average Bonchev–Trinajstić information content (AvgIpc) is 3.19. The van der Waals surface area contributed by atoms with E-state index in [0.29, 0.717) is 11.1 Å². The van der Waals surface area contributed by atoms with E-state index in [2.05, 4.69) is 91.0 Å². The first kappa shape index (κ1) is 30.3. The second-order valence-electron chi connectivity index (χ2n) is 13.4. The summed E-state index contributed by atoms with van der Waals surface area (Å²) < 4.78 is 0. The molecule has 0 heterocycles. The first-order chi connectivity index (χ1) is 24.6. The molecule has 0 saturated heterocycles. The van der Waals surface area contributed by atoms with Crippen LogP contribution in [0.4, 0.5) is 0 Å². The van der Waals surface area contributed by atoms with Gasteiger partial charge in [-0.15, -0.1) is 0 Å². The van der Waals surface area contributed by atoms with Crippen LogP contribution in [0.1, 0.15) is 51.8 Å². The fourth-order valence-electron chi connectivity index (χ4n) is 8.24. The van der Waals surface area contributed by atoms with Gasteiger partial charge in [0.25, 0.3) is 0 Å². The van der Waals surface area contributed by atoms with Gasteiger partial charge in [-0.1, -0.05) is 158 Å². The molecule has 3 aliphatic carbocycles. The standard InChI is InChI=1S/C48H36O2/c49-47(39-25-11-4-12-26-39)42-27-15-13-23-36(42)32-45-44(47)31-37-24-14-16-28-43(37)48(45,50)46-40(34-19-7-2-8-20-34)29-38(33-17-5-1-6-18-33)30-41(46)35-21-9-3-10-22-35/h2-5,7-32,49-50H,1,6H2. The van der Waals surface area contributed by atoms with E-state index in [9.17, 15) is 10.2 Å². The molecule has 2 nitrogen and oxygen atoms in total. The highest BCUT2D eigenvalue weighted by molar-refractivity contribution is 5.92. The van der Waals surface area contributed by atoms with Crippen LogP contribution in [-0.2, 0) is 11.2 Å². The Morgan fingerprint density at radius 3 is 1.48 bits per heavy atom. The molecule has 6 aromatic rings. The topological polar surface area (TPSA) is 40.5 Å². The van der Waals surface area contributed by atoms with Gasteiger partial charge >= 0.3 is 0 Å².